The van der Waals surface area contributed by atoms with Gasteiger partial charge in [0.15, 0.2) is 0 Å². The van der Waals surface area contributed by atoms with E-state index < -0.39 is 0 Å². The normalized spacial score (nSPS) is 9.76. The highest BCUT2D eigenvalue weighted by molar-refractivity contribution is 5.94. The molecule has 0 atom stereocenters. The maximum Gasteiger partial charge on any atom is 0.251 e. The van der Waals surface area contributed by atoms with Crippen LogP contribution in [-0.4, -0.2) is 37.4 Å². The predicted octanol–water partition coefficient (Wildman–Crippen LogP) is 1.28. The van der Waals surface area contributed by atoms with Crippen LogP contribution in [0.4, 0.5) is 0 Å². The minimum Gasteiger partial charge on any atom is -0.352 e. The first-order valence-electron chi connectivity index (χ1n) is 5.64. The van der Waals surface area contributed by atoms with Crippen LogP contribution in [0.5, 0.6) is 0 Å². The molecule has 4 nitrogen and oxygen atoms in total. The van der Waals surface area contributed by atoms with Crippen molar-refractivity contribution in [1.82, 2.24) is 10.2 Å². The molecule has 17 heavy (non-hydrogen) atoms. The van der Waals surface area contributed by atoms with Crippen molar-refractivity contribution < 1.29 is 9.59 Å². The van der Waals surface area contributed by atoms with Gasteiger partial charge in [-0.25, -0.2) is 0 Å². The molecule has 0 fully saturated rings. The number of benzene rings is 1. The van der Waals surface area contributed by atoms with Crippen LogP contribution in [-0.2, 0) is 4.79 Å². The van der Waals surface area contributed by atoms with Gasteiger partial charge in [0.2, 0.25) is 5.91 Å². The van der Waals surface area contributed by atoms with Crippen LogP contribution in [0, 0.1) is 0 Å². The molecule has 92 valence electrons. The number of amides is 2. The summed E-state index contributed by atoms with van der Waals surface area (Å²) in [4.78, 5) is 24.4. The Balaban J connectivity index is 2.24. The summed E-state index contributed by atoms with van der Waals surface area (Å²) >= 11 is 0. The summed E-state index contributed by atoms with van der Waals surface area (Å²) in [6.45, 7) is 0.521. The van der Waals surface area contributed by atoms with Crippen molar-refractivity contribution >= 4 is 11.8 Å². The van der Waals surface area contributed by atoms with Crippen LogP contribution >= 0.6 is 0 Å². The summed E-state index contributed by atoms with van der Waals surface area (Å²) in [5, 5.41) is 2.78. The molecule has 1 rings (SSSR count). The van der Waals surface area contributed by atoms with Gasteiger partial charge in [-0.1, -0.05) is 18.2 Å². The lowest BCUT2D eigenvalue weighted by atomic mass is 10.2. The zero-order valence-electron chi connectivity index (χ0n) is 10.3. The van der Waals surface area contributed by atoms with Gasteiger partial charge in [-0.3, -0.25) is 9.59 Å². The summed E-state index contributed by atoms with van der Waals surface area (Å²) in [5.74, 6) is -0.0122. The summed E-state index contributed by atoms with van der Waals surface area (Å²) in [6, 6.07) is 9.04. The first-order valence-corrected chi connectivity index (χ1v) is 5.64. The number of hydrogen-bond donors (Lipinski definition) is 1. The Morgan fingerprint density at radius 3 is 2.41 bits per heavy atom. The molecule has 0 aliphatic carbocycles. The van der Waals surface area contributed by atoms with E-state index in [-0.39, 0.29) is 11.8 Å². The van der Waals surface area contributed by atoms with Crippen molar-refractivity contribution in [3.05, 3.63) is 35.9 Å². The van der Waals surface area contributed by atoms with Gasteiger partial charge in [0.05, 0.1) is 0 Å². The first-order chi connectivity index (χ1) is 8.11. The molecule has 1 N–H and O–H groups in total. The van der Waals surface area contributed by atoms with E-state index in [9.17, 15) is 9.59 Å². The second-order valence-electron chi connectivity index (χ2n) is 4.01. The monoisotopic (exact) mass is 234 g/mol. The summed E-state index contributed by atoms with van der Waals surface area (Å²) in [7, 11) is 3.45. The minimum absolute atomic E-state index is 0.0824. The molecule has 0 heterocycles. The second-order valence-corrected chi connectivity index (χ2v) is 4.01. The number of carbonyl (C=O) groups excluding carboxylic acids is 2. The van der Waals surface area contributed by atoms with Crippen molar-refractivity contribution in [2.75, 3.05) is 20.6 Å². The van der Waals surface area contributed by atoms with Crippen molar-refractivity contribution in [1.29, 1.82) is 0 Å². The van der Waals surface area contributed by atoms with Gasteiger partial charge in [0.1, 0.15) is 0 Å². The van der Waals surface area contributed by atoms with E-state index in [4.69, 9.17) is 0 Å². The average Bonchev–Trinajstić information content (AvgIpc) is 2.35. The fourth-order valence-corrected chi connectivity index (χ4v) is 1.36. The van der Waals surface area contributed by atoms with Crippen LogP contribution in [0.25, 0.3) is 0 Å². The zero-order valence-corrected chi connectivity index (χ0v) is 10.3. The number of hydrogen-bond acceptors (Lipinski definition) is 2. The molecule has 0 radical (unpaired) electrons. The topological polar surface area (TPSA) is 49.4 Å². The Morgan fingerprint density at radius 2 is 1.82 bits per heavy atom. The van der Waals surface area contributed by atoms with E-state index in [1.165, 1.54) is 0 Å². The fraction of sp³-hybridized carbons (Fsp3) is 0.385. The Kier molecular flexibility index (Phi) is 5.20. The molecule has 1 aromatic rings. The fourth-order valence-electron chi connectivity index (χ4n) is 1.36. The molecule has 0 aliphatic rings. The molecule has 1 aromatic carbocycles. The Labute approximate surface area is 102 Å². The lowest BCUT2D eigenvalue weighted by molar-refractivity contribution is -0.128. The molecule has 4 heteroatoms. The van der Waals surface area contributed by atoms with Crippen LogP contribution < -0.4 is 5.32 Å². The van der Waals surface area contributed by atoms with Crippen LogP contribution in [0.2, 0.25) is 0 Å². The van der Waals surface area contributed by atoms with Gasteiger partial charge in [0.25, 0.3) is 5.91 Å². The highest BCUT2D eigenvalue weighted by Crippen LogP contribution is 1.98. The van der Waals surface area contributed by atoms with Gasteiger partial charge in [-0.2, -0.15) is 0 Å². The molecular weight excluding hydrogens is 216 g/mol. The Hall–Kier alpha value is -1.84. The largest absolute Gasteiger partial charge is 0.352 e. The molecule has 0 unspecified atom stereocenters. The van der Waals surface area contributed by atoms with Gasteiger partial charge in [0, 0.05) is 32.6 Å². The summed E-state index contributed by atoms with van der Waals surface area (Å²) in [5.41, 5.74) is 0.645. The lowest BCUT2D eigenvalue weighted by Crippen LogP contribution is -2.27. The molecule has 0 saturated heterocycles. The Morgan fingerprint density at radius 1 is 1.18 bits per heavy atom. The van der Waals surface area contributed by atoms with E-state index in [1.54, 1.807) is 31.1 Å². The SMILES string of the molecule is CN(C)C(=O)CCCNC(=O)c1ccccc1. The lowest BCUT2D eigenvalue weighted by Gasteiger charge is -2.10. The van der Waals surface area contributed by atoms with Crippen molar-refractivity contribution in [3.63, 3.8) is 0 Å². The molecule has 2 amide bonds. The molecule has 0 aromatic heterocycles. The third kappa shape index (κ3) is 4.68. The van der Waals surface area contributed by atoms with E-state index in [0.29, 0.717) is 24.9 Å². The van der Waals surface area contributed by atoms with Gasteiger partial charge >= 0.3 is 0 Å². The molecule has 0 saturated carbocycles. The Bertz CT molecular complexity index is 374. The highest BCUT2D eigenvalue weighted by atomic mass is 16.2. The third-order valence-corrected chi connectivity index (χ3v) is 2.39. The smallest absolute Gasteiger partial charge is 0.251 e. The predicted molar refractivity (Wildman–Crippen MR) is 66.7 cm³/mol. The average molecular weight is 234 g/mol. The second kappa shape index (κ2) is 6.68. The van der Waals surface area contributed by atoms with Gasteiger partial charge in [-0.15, -0.1) is 0 Å². The number of carbonyl (C=O) groups is 2. The van der Waals surface area contributed by atoms with Gasteiger partial charge < -0.3 is 10.2 Å². The van der Waals surface area contributed by atoms with Gasteiger partial charge in [-0.05, 0) is 18.6 Å². The van der Waals surface area contributed by atoms with Crippen LogP contribution in [0.1, 0.15) is 23.2 Å². The highest BCUT2D eigenvalue weighted by Gasteiger charge is 2.05. The maximum absolute atomic E-state index is 11.6. The van der Waals surface area contributed by atoms with Crippen molar-refractivity contribution in [2.45, 2.75) is 12.8 Å². The van der Waals surface area contributed by atoms with E-state index in [0.717, 1.165) is 0 Å². The third-order valence-electron chi connectivity index (χ3n) is 2.39. The standard InChI is InChI=1S/C13H18N2O2/c1-15(2)12(16)9-6-10-14-13(17)11-7-4-3-5-8-11/h3-5,7-8H,6,9-10H2,1-2H3,(H,14,17). The first kappa shape index (κ1) is 13.2. The number of rotatable bonds is 5. The summed E-state index contributed by atoms with van der Waals surface area (Å²) < 4.78 is 0. The maximum atomic E-state index is 11.6. The molecular formula is C13H18N2O2. The van der Waals surface area contributed by atoms with E-state index in [2.05, 4.69) is 5.32 Å². The quantitative estimate of drug-likeness (QED) is 0.780. The van der Waals surface area contributed by atoms with Crippen molar-refractivity contribution in [3.8, 4) is 0 Å². The number of nitrogens with zero attached hydrogens (tertiary/aromatic N) is 1. The minimum atomic E-state index is -0.0945. The molecule has 0 spiro atoms. The molecule has 0 bridgehead atoms. The molecule has 0 aliphatic heterocycles. The van der Waals surface area contributed by atoms with Crippen LogP contribution in [0.15, 0.2) is 30.3 Å². The summed E-state index contributed by atoms with van der Waals surface area (Å²) in [6.07, 6.45) is 1.12. The van der Waals surface area contributed by atoms with Crippen molar-refractivity contribution in [2.24, 2.45) is 0 Å². The van der Waals surface area contributed by atoms with Crippen LogP contribution in [0.3, 0.4) is 0 Å². The van der Waals surface area contributed by atoms with E-state index in [1.807, 2.05) is 18.2 Å². The zero-order chi connectivity index (χ0) is 12.7. The number of nitrogens with one attached hydrogen (secondary N) is 1. The van der Waals surface area contributed by atoms with E-state index >= 15 is 0 Å².